The minimum Gasteiger partial charge on any atom is -0.489 e. The average Bonchev–Trinajstić information content (AvgIpc) is 2.44. The first-order valence-electron chi connectivity index (χ1n) is 8.32. The van der Waals surface area contributed by atoms with Gasteiger partial charge in [0.05, 0.1) is 12.3 Å². The van der Waals surface area contributed by atoms with Crippen LogP contribution in [0.3, 0.4) is 0 Å². The number of pyridine rings is 1. The number of nitrogens with zero attached hydrogens (tertiary/aromatic N) is 2. The normalized spacial score (nSPS) is 13.2. The Balaban J connectivity index is 2.58. The van der Waals surface area contributed by atoms with Crippen molar-refractivity contribution in [3.63, 3.8) is 0 Å². The van der Waals surface area contributed by atoms with Crippen LogP contribution in [0.15, 0.2) is 24.5 Å². The third kappa shape index (κ3) is 7.49. The van der Waals surface area contributed by atoms with Crippen LogP contribution in [0.5, 0.6) is 5.75 Å². The molecule has 0 fully saturated rings. The van der Waals surface area contributed by atoms with E-state index in [2.05, 4.69) is 4.98 Å². The fraction of sp³-hybridized carbons (Fsp3) is 0.579. The lowest BCUT2D eigenvalue weighted by Gasteiger charge is -2.28. The fourth-order valence-electron chi connectivity index (χ4n) is 1.94. The van der Waals surface area contributed by atoms with Gasteiger partial charge in [0.2, 0.25) is 0 Å². The quantitative estimate of drug-likeness (QED) is 0.767. The topological polar surface area (TPSA) is 51.7 Å². The molecule has 134 valence electrons. The summed E-state index contributed by atoms with van der Waals surface area (Å²) in [7, 11) is 1.76. The molecule has 0 unspecified atom stereocenters. The Labute approximate surface area is 145 Å². The molecule has 1 aromatic rings. The summed E-state index contributed by atoms with van der Waals surface area (Å²) in [6, 6.07) is 1.99. The first-order chi connectivity index (χ1) is 11.1. The number of amides is 1. The van der Waals surface area contributed by atoms with Crippen LogP contribution >= 0.6 is 0 Å². The number of hydrogen-bond acceptors (Lipinski definition) is 4. The second-order valence-electron chi connectivity index (χ2n) is 7.20. The highest BCUT2D eigenvalue weighted by molar-refractivity contribution is 5.68. The lowest BCUT2D eigenvalue weighted by atomic mass is 10.1. The van der Waals surface area contributed by atoms with E-state index in [1.165, 1.54) is 0 Å². The molecule has 5 nitrogen and oxygen atoms in total. The van der Waals surface area contributed by atoms with Crippen LogP contribution in [0.4, 0.5) is 4.79 Å². The maximum absolute atomic E-state index is 12.0. The highest BCUT2D eigenvalue weighted by atomic mass is 16.6. The third-order valence-corrected chi connectivity index (χ3v) is 3.24. The van der Waals surface area contributed by atoms with Gasteiger partial charge in [0.25, 0.3) is 0 Å². The Bertz CT molecular complexity index is 562. The van der Waals surface area contributed by atoms with E-state index in [0.29, 0.717) is 0 Å². The molecule has 0 aliphatic carbocycles. The lowest BCUT2D eigenvalue weighted by Crippen LogP contribution is -2.39. The molecular formula is C19H30N2O3. The standard InChI is InChI=1S/C19H30N2O3/c1-14(2)23-17-11-16(12-20-13-17)10-8-9-15(3)21(7)18(22)24-19(4,5)6/h8,10-15H,9H2,1-7H3/t15-/m0/s1. The number of carbonyl (C=O) groups excluding carboxylic acids is 1. The number of rotatable bonds is 6. The van der Waals surface area contributed by atoms with E-state index in [-0.39, 0.29) is 18.2 Å². The molecule has 0 N–H and O–H groups in total. The van der Waals surface area contributed by atoms with Crippen molar-refractivity contribution in [2.45, 2.75) is 65.7 Å². The zero-order chi connectivity index (χ0) is 18.3. The van der Waals surface area contributed by atoms with Gasteiger partial charge in [-0.1, -0.05) is 12.2 Å². The summed E-state index contributed by atoms with van der Waals surface area (Å²) < 4.78 is 11.0. The van der Waals surface area contributed by atoms with E-state index in [4.69, 9.17) is 9.47 Å². The zero-order valence-electron chi connectivity index (χ0n) is 15.9. The molecule has 1 aromatic heterocycles. The van der Waals surface area contributed by atoms with Crippen molar-refractivity contribution in [3.8, 4) is 5.75 Å². The molecule has 1 rings (SSSR count). The second kappa shape index (κ2) is 8.71. The van der Waals surface area contributed by atoms with Crippen LogP contribution in [0.25, 0.3) is 6.08 Å². The third-order valence-electron chi connectivity index (χ3n) is 3.24. The fourth-order valence-corrected chi connectivity index (χ4v) is 1.94. The Morgan fingerprint density at radius 1 is 1.29 bits per heavy atom. The summed E-state index contributed by atoms with van der Waals surface area (Å²) in [6.07, 6.45) is 8.04. The monoisotopic (exact) mass is 334 g/mol. The number of ether oxygens (including phenoxy) is 2. The van der Waals surface area contributed by atoms with E-state index in [1.807, 2.05) is 59.8 Å². The highest BCUT2D eigenvalue weighted by Crippen LogP contribution is 2.15. The molecule has 0 saturated heterocycles. The average molecular weight is 334 g/mol. The lowest BCUT2D eigenvalue weighted by molar-refractivity contribution is 0.0238. The summed E-state index contributed by atoms with van der Waals surface area (Å²) in [4.78, 5) is 17.8. The Hall–Kier alpha value is -2.04. The summed E-state index contributed by atoms with van der Waals surface area (Å²) in [5.74, 6) is 0.756. The van der Waals surface area contributed by atoms with Crippen molar-refractivity contribution >= 4 is 12.2 Å². The van der Waals surface area contributed by atoms with E-state index in [1.54, 1.807) is 24.3 Å². The van der Waals surface area contributed by atoms with Gasteiger partial charge in [-0.05, 0) is 59.6 Å². The minimum absolute atomic E-state index is 0.0409. The van der Waals surface area contributed by atoms with Crippen molar-refractivity contribution in [2.75, 3.05) is 7.05 Å². The van der Waals surface area contributed by atoms with E-state index >= 15 is 0 Å². The maximum atomic E-state index is 12.0. The summed E-state index contributed by atoms with van der Waals surface area (Å²) in [5, 5.41) is 0. The summed E-state index contributed by atoms with van der Waals surface area (Å²) in [6.45, 7) is 11.5. The van der Waals surface area contributed by atoms with Gasteiger partial charge in [0, 0.05) is 19.3 Å². The predicted octanol–water partition coefficient (Wildman–Crippen LogP) is 4.53. The molecule has 0 aliphatic heterocycles. The van der Waals surface area contributed by atoms with E-state index in [9.17, 15) is 4.79 Å². The first kappa shape index (κ1) is 20.0. The van der Waals surface area contributed by atoms with Crippen LogP contribution < -0.4 is 4.74 Å². The molecular weight excluding hydrogens is 304 g/mol. The van der Waals surface area contributed by atoms with Crippen molar-refractivity contribution in [1.82, 2.24) is 9.88 Å². The van der Waals surface area contributed by atoms with Crippen LogP contribution in [0, 0.1) is 0 Å². The Morgan fingerprint density at radius 2 is 1.96 bits per heavy atom. The molecule has 5 heteroatoms. The van der Waals surface area contributed by atoms with E-state index in [0.717, 1.165) is 17.7 Å². The van der Waals surface area contributed by atoms with Gasteiger partial charge in [-0.3, -0.25) is 4.98 Å². The summed E-state index contributed by atoms with van der Waals surface area (Å²) >= 11 is 0. The molecule has 0 aliphatic rings. The predicted molar refractivity (Wildman–Crippen MR) is 97.1 cm³/mol. The number of hydrogen-bond donors (Lipinski definition) is 0. The minimum atomic E-state index is -0.483. The molecule has 0 spiro atoms. The molecule has 0 bridgehead atoms. The first-order valence-corrected chi connectivity index (χ1v) is 8.32. The molecule has 24 heavy (non-hydrogen) atoms. The Morgan fingerprint density at radius 3 is 2.54 bits per heavy atom. The van der Waals surface area contributed by atoms with Gasteiger partial charge in [-0.15, -0.1) is 0 Å². The number of carbonyl (C=O) groups is 1. The van der Waals surface area contributed by atoms with Crippen LogP contribution in [-0.2, 0) is 4.74 Å². The van der Waals surface area contributed by atoms with Crippen LogP contribution in [0.2, 0.25) is 0 Å². The zero-order valence-corrected chi connectivity index (χ0v) is 15.9. The van der Waals surface area contributed by atoms with Gasteiger partial charge < -0.3 is 14.4 Å². The molecule has 1 amide bonds. The van der Waals surface area contributed by atoms with Gasteiger partial charge in [-0.25, -0.2) is 4.79 Å². The molecule has 1 atom stereocenters. The molecule has 0 radical (unpaired) electrons. The largest absolute Gasteiger partial charge is 0.489 e. The summed E-state index contributed by atoms with van der Waals surface area (Å²) in [5.41, 5.74) is 0.490. The maximum Gasteiger partial charge on any atom is 0.410 e. The molecule has 0 aromatic carbocycles. The van der Waals surface area contributed by atoms with Crippen molar-refractivity contribution in [1.29, 1.82) is 0 Å². The van der Waals surface area contributed by atoms with Gasteiger partial charge >= 0.3 is 6.09 Å². The molecule has 0 saturated carbocycles. The van der Waals surface area contributed by atoms with Gasteiger partial charge in [-0.2, -0.15) is 0 Å². The number of aromatic nitrogens is 1. The van der Waals surface area contributed by atoms with E-state index < -0.39 is 5.60 Å². The second-order valence-corrected chi connectivity index (χ2v) is 7.20. The van der Waals surface area contributed by atoms with Gasteiger partial charge in [0.15, 0.2) is 0 Å². The smallest absolute Gasteiger partial charge is 0.410 e. The SMILES string of the molecule is CC(C)Oc1cncc(C=CC[C@H](C)N(C)C(=O)OC(C)(C)C)c1. The van der Waals surface area contributed by atoms with Crippen LogP contribution in [-0.4, -0.2) is 40.8 Å². The highest BCUT2D eigenvalue weighted by Gasteiger charge is 2.22. The van der Waals surface area contributed by atoms with Crippen molar-refractivity contribution < 1.29 is 14.3 Å². The Kier molecular flexibility index (Phi) is 7.26. The van der Waals surface area contributed by atoms with Crippen molar-refractivity contribution in [2.24, 2.45) is 0 Å². The van der Waals surface area contributed by atoms with Gasteiger partial charge in [0.1, 0.15) is 11.4 Å². The van der Waals surface area contributed by atoms with Crippen LogP contribution in [0.1, 0.15) is 53.5 Å². The molecule has 1 heterocycles. The van der Waals surface area contributed by atoms with Crippen molar-refractivity contribution in [3.05, 3.63) is 30.1 Å².